The van der Waals surface area contributed by atoms with Gasteiger partial charge in [-0.05, 0) is 28.1 Å². The Labute approximate surface area is 109 Å². The molecular formula is C10H10Br2FNO2. The standard InChI is InChI=1S/C10H10Br2FNO2/c1-16-10(15)8(14)4-5-6(11)2-3-7(12)9(5)13/h2-3,8H,4,14H2,1H3. The van der Waals surface area contributed by atoms with E-state index in [2.05, 4.69) is 36.6 Å². The predicted molar refractivity (Wildman–Crippen MR) is 65.5 cm³/mol. The van der Waals surface area contributed by atoms with Crippen LogP contribution >= 0.6 is 31.9 Å². The molecule has 1 aromatic carbocycles. The van der Waals surface area contributed by atoms with Gasteiger partial charge in [-0.25, -0.2) is 4.39 Å². The van der Waals surface area contributed by atoms with Gasteiger partial charge in [0.1, 0.15) is 11.9 Å². The number of ether oxygens (including phenoxy) is 1. The molecule has 0 bridgehead atoms. The molecule has 1 unspecified atom stereocenters. The van der Waals surface area contributed by atoms with Crippen LogP contribution in [0.2, 0.25) is 0 Å². The van der Waals surface area contributed by atoms with E-state index in [4.69, 9.17) is 5.73 Å². The Hall–Kier alpha value is -0.460. The van der Waals surface area contributed by atoms with Crippen LogP contribution in [-0.4, -0.2) is 19.1 Å². The zero-order chi connectivity index (χ0) is 12.3. The van der Waals surface area contributed by atoms with E-state index in [1.54, 1.807) is 12.1 Å². The second kappa shape index (κ2) is 5.75. The molecular weight excluding hydrogens is 345 g/mol. The van der Waals surface area contributed by atoms with Gasteiger partial charge < -0.3 is 10.5 Å². The Bertz CT molecular complexity index is 412. The van der Waals surface area contributed by atoms with Crippen molar-refractivity contribution < 1.29 is 13.9 Å². The third kappa shape index (κ3) is 3.02. The lowest BCUT2D eigenvalue weighted by Gasteiger charge is -2.12. The molecule has 88 valence electrons. The summed E-state index contributed by atoms with van der Waals surface area (Å²) in [4.78, 5) is 11.1. The number of hydrogen-bond acceptors (Lipinski definition) is 3. The maximum absolute atomic E-state index is 13.7. The van der Waals surface area contributed by atoms with Crippen molar-refractivity contribution in [3.05, 3.63) is 32.5 Å². The number of carbonyl (C=O) groups is 1. The van der Waals surface area contributed by atoms with Crippen molar-refractivity contribution in [3.63, 3.8) is 0 Å². The highest BCUT2D eigenvalue weighted by Crippen LogP contribution is 2.27. The summed E-state index contributed by atoms with van der Waals surface area (Å²) in [6.45, 7) is 0. The van der Waals surface area contributed by atoms with E-state index < -0.39 is 17.8 Å². The van der Waals surface area contributed by atoms with Gasteiger partial charge in [-0.1, -0.05) is 15.9 Å². The molecule has 0 spiro atoms. The highest BCUT2D eigenvalue weighted by atomic mass is 79.9. The summed E-state index contributed by atoms with van der Waals surface area (Å²) in [5.74, 6) is -0.986. The van der Waals surface area contributed by atoms with Crippen LogP contribution in [0.4, 0.5) is 4.39 Å². The minimum atomic E-state index is -0.870. The van der Waals surface area contributed by atoms with Gasteiger partial charge in [-0.3, -0.25) is 4.79 Å². The smallest absolute Gasteiger partial charge is 0.322 e. The lowest BCUT2D eigenvalue weighted by atomic mass is 10.1. The second-order valence-electron chi connectivity index (χ2n) is 3.16. The molecule has 0 aliphatic carbocycles. The Morgan fingerprint density at radius 2 is 2.06 bits per heavy atom. The highest BCUT2D eigenvalue weighted by Gasteiger charge is 2.19. The monoisotopic (exact) mass is 353 g/mol. The molecule has 0 heterocycles. The normalized spacial score (nSPS) is 12.3. The van der Waals surface area contributed by atoms with Crippen molar-refractivity contribution in [1.29, 1.82) is 0 Å². The van der Waals surface area contributed by atoms with Crippen molar-refractivity contribution in [2.24, 2.45) is 5.73 Å². The first-order valence-electron chi connectivity index (χ1n) is 4.43. The molecule has 0 saturated heterocycles. The van der Waals surface area contributed by atoms with Crippen LogP contribution in [0.15, 0.2) is 21.1 Å². The Morgan fingerprint density at radius 3 is 2.62 bits per heavy atom. The van der Waals surface area contributed by atoms with E-state index in [0.717, 1.165) is 0 Å². The van der Waals surface area contributed by atoms with Gasteiger partial charge in [0, 0.05) is 16.5 Å². The molecule has 0 aromatic heterocycles. The summed E-state index contributed by atoms with van der Waals surface area (Å²) in [5, 5.41) is 0. The summed E-state index contributed by atoms with van der Waals surface area (Å²) in [6.07, 6.45) is 0.0819. The van der Waals surface area contributed by atoms with Gasteiger partial charge in [0.05, 0.1) is 11.6 Å². The minimum Gasteiger partial charge on any atom is -0.468 e. The topological polar surface area (TPSA) is 52.3 Å². The van der Waals surface area contributed by atoms with Crippen molar-refractivity contribution in [2.75, 3.05) is 7.11 Å². The number of halogens is 3. The number of benzene rings is 1. The molecule has 1 aromatic rings. The van der Waals surface area contributed by atoms with Crippen molar-refractivity contribution >= 4 is 37.8 Å². The molecule has 2 N–H and O–H groups in total. The first-order chi connectivity index (χ1) is 7.47. The maximum atomic E-state index is 13.7. The van der Waals surface area contributed by atoms with E-state index >= 15 is 0 Å². The quantitative estimate of drug-likeness (QED) is 0.669. The molecule has 6 heteroatoms. The SMILES string of the molecule is COC(=O)C(N)Cc1c(Br)ccc(Br)c1F. The van der Waals surface area contributed by atoms with Crippen LogP contribution < -0.4 is 5.73 Å². The molecule has 1 atom stereocenters. The Morgan fingerprint density at radius 1 is 1.50 bits per heavy atom. The van der Waals surface area contributed by atoms with Crippen molar-refractivity contribution in [1.82, 2.24) is 0 Å². The van der Waals surface area contributed by atoms with Crippen molar-refractivity contribution in [2.45, 2.75) is 12.5 Å². The minimum absolute atomic E-state index is 0.0819. The van der Waals surface area contributed by atoms with Crippen LogP contribution in [0.1, 0.15) is 5.56 Å². The van der Waals surface area contributed by atoms with Crippen molar-refractivity contribution in [3.8, 4) is 0 Å². The molecule has 0 fully saturated rings. The number of carbonyl (C=O) groups excluding carboxylic acids is 1. The number of rotatable bonds is 3. The maximum Gasteiger partial charge on any atom is 0.322 e. The van der Waals surface area contributed by atoms with E-state index in [-0.39, 0.29) is 6.42 Å². The first-order valence-corrected chi connectivity index (χ1v) is 6.01. The summed E-state index contributed by atoms with van der Waals surface area (Å²) in [5.41, 5.74) is 5.92. The lowest BCUT2D eigenvalue weighted by Crippen LogP contribution is -2.34. The van der Waals surface area contributed by atoms with Crippen LogP contribution in [0, 0.1) is 5.82 Å². The highest BCUT2D eigenvalue weighted by molar-refractivity contribution is 9.11. The van der Waals surface area contributed by atoms with Gasteiger partial charge in [-0.2, -0.15) is 0 Å². The molecule has 0 radical (unpaired) electrons. The van der Waals surface area contributed by atoms with E-state index in [1.807, 2.05) is 0 Å². The predicted octanol–water partition coefficient (Wildman–Crippen LogP) is 2.39. The van der Waals surface area contributed by atoms with Gasteiger partial charge in [0.2, 0.25) is 0 Å². The zero-order valence-corrected chi connectivity index (χ0v) is 11.6. The fourth-order valence-corrected chi connectivity index (χ4v) is 2.05. The van der Waals surface area contributed by atoms with E-state index in [0.29, 0.717) is 14.5 Å². The van der Waals surface area contributed by atoms with Crippen LogP contribution in [0.3, 0.4) is 0 Å². The molecule has 0 saturated carbocycles. The molecule has 3 nitrogen and oxygen atoms in total. The fraction of sp³-hybridized carbons (Fsp3) is 0.300. The van der Waals surface area contributed by atoms with Gasteiger partial charge >= 0.3 is 5.97 Å². The van der Waals surface area contributed by atoms with Crippen LogP contribution in [-0.2, 0) is 16.0 Å². The number of hydrogen-bond donors (Lipinski definition) is 1. The van der Waals surface area contributed by atoms with Gasteiger partial charge in [0.15, 0.2) is 0 Å². The van der Waals surface area contributed by atoms with E-state index in [9.17, 15) is 9.18 Å². The van der Waals surface area contributed by atoms with Gasteiger partial charge in [0.25, 0.3) is 0 Å². The number of methoxy groups -OCH3 is 1. The summed E-state index contributed by atoms with van der Waals surface area (Å²) >= 11 is 6.28. The van der Waals surface area contributed by atoms with Gasteiger partial charge in [-0.15, -0.1) is 0 Å². The average Bonchev–Trinajstić information content (AvgIpc) is 2.28. The average molecular weight is 355 g/mol. The third-order valence-electron chi connectivity index (χ3n) is 2.07. The fourth-order valence-electron chi connectivity index (χ4n) is 1.21. The summed E-state index contributed by atoms with van der Waals surface area (Å²) in [7, 11) is 1.24. The molecule has 16 heavy (non-hydrogen) atoms. The number of nitrogens with two attached hydrogens (primary N) is 1. The molecule has 1 rings (SSSR count). The molecule has 0 amide bonds. The summed E-state index contributed by atoms with van der Waals surface area (Å²) < 4.78 is 19.1. The Balaban J connectivity index is 2.97. The van der Waals surface area contributed by atoms with Crippen LogP contribution in [0.5, 0.6) is 0 Å². The molecule has 0 aliphatic rings. The second-order valence-corrected chi connectivity index (χ2v) is 4.86. The zero-order valence-electron chi connectivity index (χ0n) is 8.47. The lowest BCUT2D eigenvalue weighted by molar-refractivity contribution is -0.142. The first kappa shape index (κ1) is 13.6. The van der Waals surface area contributed by atoms with E-state index in [1.165, 1.54) is 7.11 Å². The van der Waals surface area contributed by atoms with Crippen LogP contribution in [0.25, 0.3) is 0 Å². The molecule has 0 aliphatic heterocycles. The third-order valence-corrected chi connectivity index (χ3v) is 3.42. The largest absolute Gasteiger partial charge is 0.468 e. The number of esters is 1. The Kier molecular flexibility index (Phi) is 4.89. The summed E-state index contributed by atoms with van der Waals surface area (Å²) in [6, 6.07) is 2.39.